The minimum atomic E-state index is -0.0595. The van der Waals surface area contributed by atoms with Gasteiger partial charge in [0.25, 0.3) is 0 Å². The van der Waals surface area contributed by atoms with Gasteiger partial charge in [0, 0.05) is 30.6 Å². The number of nitrogens with zero attached hydrogens (tertiary/aromatic N) is 6. The summed E-state index contributed by atoms with van der Waals surface area (Å²) in [4.78, 5) is 20.1. The van der Waals surface area contributed by atoms with Crippen LogP contribution in [0.2, 0.25) is 0 Å². The minimum Gasteiger partial charge on any atom is -0.296 e. The van der Waals surface area contributed by atoms with E-state index in [9.17, 15) is 4.79 Å². The van der Waals surface area contributed by atoms with Gasteiger partial charge < -0.3 is 0 Å². The summed E-state index contributed by atoms with van der Waals surface area (Å²) in [6.07, 6.45) is 1.85. The number of azide groups is 1. The third kappa shape index (κ3) is 2.39. The molecule has 1 fully saturated rings. The fourth-order valence-corrected chi connectivity index (χ4v) is 1.91. The van der Waals surface area contributed by atoms with Gasteiger partial charge in [0.15, 0.2) is 0 Å². The lowest BCUT2D eigenvalue weighted by Crippen LogP contribution is -2.25. The van der Waals surface area contributed by atoms with E-state index in [1.54, 1.807) is 12.1 Å². The highest BCUT2D eigenvalue weighted by Gasteiger charge is 2.30. The van der Waals surface area contributed by atoms with Gasteiger partial charge in [0.1, 0.15) is 5.82 Å². The topological polar surface area (TPSA) is 106 Å². The van der Waals surface area contributed by atoms with Crippen LogP contribution >= 0.6 is 0 Å². The lowest BCUT2D eigenvalue weighted by atomic mass is 10.1. The van der Waals surface area contributed by atoms with E-state index in [4.69, 9.17) is 10.8 Å². The van der Waals surface area contributed by atoms with Crippen molar-refractivity contribution in [2.45, 2.75) is 6.42 Å². The van der Waals surface area contributed by atoms with Crippen LogP contribution in [0.25, 0.3) is 10.4 Å². The van der Waals surface area contributed by atoms with Gasteiger partial charge in [-0.05, 0) is 23.6 Å². The van der Waals surface area contributed by atoms with Gasteiger partial charge in [0.05, 0.1) is 11.6 Å². The van der Waals surface area contributed by atoms with Crippen molar-refractivity contribution in [1.29, 1.82) is 5.26 Å². The molecule has 0 saturated carbocycles. The lowest BCUT2D eigenvalue weighted by molar-refractivity contribution is -0.117. The molecule has 0 aliphatic carbocycles. The van der Waals surface area contributed by atoms with Gasteiger partial charge in [-0.3, -0.25) is 9.69 Å². The standard InChI is InChI=1S/C11H10N6O/c12-5-8-1-2-14-10(3-8)17-7-9(4-11(17)18)6-15-16-13/h1-3,9H,4,6-7H2. The second-order valence-corrected chi connectivity index (χ2v) is 4.00. The summed E-state index contributed by atoms with van der Waals surface area (Å²) in [5, 5.41) is 12.3. The molecule has 1 atom stereocenters. The molecule has 2 heterocycles. The monoisotopic (exact) mass is 242 g/mol. The first kappa shape index (κ1) is 11.9. The number of carbonyl (C=O) groups excluding carboxylic acids is 1. The zero-order chi connectivity index (χ0) is 13.0. The fraction of sp³-hybridized carbons (Fsp3) is 0.364. The van der Waals surface area contributed by atoms with E-state index in [1.807, 2.05) is 6.07 Å². The molecule has 0 spiro atoms. The average molecular weight is 242 g/mol. The zero-order valence-electron chi connectivity index (χ0n) is 9.52. The van der Waals surface area contributed by atoms with E-state index < -0.39 is 0 Å². The molecule has 1 amide bonds. The Morgan fingerprint density at radius 2 is 2.56 bits per heavy atom. The predicted molar refractivity (Wildman–Crippen MR) is 63.4 cm³/mol. The molecule has 1 unspecified atom stereocenters. The van der Waals surface area contributed by atoms with Crippen LogP contribution in [0.4, 0.5) is 5.82 Å². The van der Waals surface area contributed by atoms with E-state index >= 15 is 0 Å². The van der Waals surface area contributed by atoms with Crippen molar-refractivity contribution in [3.63, 3.8) is 0 Å². The molecule has 1 aromatic heterocycles. The van der Waals surface area contributed by atoms with E-state index in [1.165, 1.54) is 11.1 Å². The van der Waals surface area contributed by atoms with Crippen LogP contribution in [0.5, 0.6) is 0 Å². The number of pyridine rings is 1. The van der Waals surface area contributed by atoms with Crippen molar-refractivity contribution in [2.75, 3.05) is 18.0 Å². The van der Waals surface area contributed by atoms with Crippen LogP contribution in [0.15, 0.2) is 23.4 Å². The predicted octanol–water partition coefficient (Wildman–Crippen LogP) is 1.62. The number of amides is 1. The van der Waals surface area contributed by atoms with Gasteiger partial charge in [-0.2, -0.15) is 5.26 Å². The summed E-state index contributed by atoms with van der Waals surface area (Å²) in [5.74, 6) is 0.430. The van der Waals surface area contributed by atoms with Crippen molar-refractivity contribution in [3.05, 3.63) is 34.3 Å². The average Bonchev–Trinajstić information content (AvgIpc) is 2.77. The largest absolute Gasteiger partial charge is 0.296 e. The summed E-state index contributed by atoms with van der Waals surface area (Å²) < 4.78 is 0. The van der Waals surface area contributed by atoms with E-state index in [-0.39, 0.29) is 11.8 Å². The molecule has 1 saturated heterocycles. The van der Waals surface area contributed by atoms with Crippen molar-refractivity contribution in [1.82, 2.24) is 4.98 Å². The Kier molecular flexibility index (Phi) is 3.41. The molecule has 0 radical (unpaired) electrons. The Morgan fingerprint density at radius 3 is 3.28 bits per heavy atom. The van der Waals surface area contributed by atoms with Crippen molar-refractivity contribution >= 4 is 11.7 Å². The van der Waals surface area contributed by atoms with Gasteiger partial charge in [-0.15, -0.1) is 0 Å². The molecule has 1 aromatic rings. The maximum absolute atomic E-state index is 11.8. The molecule has 7 heteroatoms. The number of rotatable bonds is 3. The van der Waals surface area contributed by atoms with Crippen molar-refractivity contribution in [2.24, 2.45) is 11.0 Å². The molecule has 0 aromatic carbocycles. The van der Waals surface area contributed by atoms with Gasteiger partial charge in [0.2, 0.25) is 5.91 Å². The Bertz CT molecular complexity index is 557. The zero-order valence-corrected chi connectivity index (χ0v) is 9.52. The second-order valence-electron chi connectivity index (χ2n) is 4.00. The summed E-state index contributed by atoms with van der Waals surface area (Å²) in [6, 6.07) is 5.17. The van der Waals surface area contributed by atoms with Crippen LogP contribution in [0.3, 0.4) is 0 Å². The number of nitriles is 1. The summed E-state index contributed by atoms with van der Waals surface area (Å²) >= 11 is 0. The number of carbonyl (C=O) groups is 1. The Balaban J connectivity index is 2.16. The van der Waals surface area contributed by atoms with Gasteiger partial charge >= 0.3 is 0 Å². The number of aromatic nitrogens is 1. The molecule has 7 nitrogen and oxygen atoms in total. The Hall–Kier alpha value is -2.58. The Labute approximate surface area is 103 Å². The third-order valence-electron chi connectivity index (χ3n) is 2.76. The summed E-state index contributed by atoms with van der Waals surface area (Å²) in [7, 11) is 0. The lowest BCUT2D eigenvalue weighted by Gasteiger charge is -2.15. The maximum Gasteiger partial charge on any atom is 0.228 e. The third-order valence-corrected chi connectivity index (χ3v) is 2.76. The van der Waals surface area contributed by atoms with E-state index in [2.05, 4.69) is 15.0 Å². The fourth-order valence-electron chi connectivity index (χ4n) is 1.91. The molecule has 1 aliphatic heterocycles. The molecular weight excluding hydrogens is 232 g/mol. The van der Waals surface area contributed by atoms with Crippen LogP contribution in [0, 0.1) is 17.2 Å². The number of anilines is 1. The smallest absolute Gasteiger partial charge is 0.228 e. The summed E-state index contributed by atoms with van der Waals surface area (Å²) in [5.41, 5.74) is 8.72. The van der Waals surface area contributed by atoms with Crippen molar-refractivity contribution < 1.29 is 4.79 Å². The van der Waals surface area contributed by atoms with Crippen LogP contribution < -0.4 is 4.90 Å². The molecule has 0 bridgehead atoms. The SMILES string of the molecule is N#Cc1ccnc(N2CC(CN=[N+]=[N-])CC2=O)c1. The van der Waals surface area contributed by atoms with Crippen LogP contribution in [-0.4, -0.2) is 24.0 Å². The number of hydrogen-bond acceptors (Lipinski definition) is 4. The quantitative estimate of drug-likeness (QED) is 0.456. The second kappa shape index (κ2) is 5.17. The number of hydrogen-bond donors (Lipinski definition) is 0. The molecular formula is C11H10N6O. The van der Waals surface area contributed by atoms with Gasteiger partial charge in [-0.25, -0.2) is 4.98 Å². The molecule has 1 aliphatic rings. The highest BCUT2D eigenvalue weighted by Crippen LogP contribution is 2.24. The Morgan fingerprint density at radius 1 is 1.72 bits per heavy atom. The van der Waals surface area contributed by atoms with Crippen LogP contribution in [0.1, 0.15) is 12.0 Å². The molecule has 90 valence electrons. The first-order valence-electron chi connectivity index (χ1n) is 5.42. The molecule has 0 N–H and O–H groups in total. The highest BCUT2D eigenvalue weighted by atomic mass is 16.2. The highest BCUT2D eigenvalue weighted by molar-refractivity contribution is 5.94. The van der Waals surface area contributed by atoms with E-state index in [0.29, 0.717) is 30.9 Å². The van der Waals surface area contributed by atoms with Crippen molar-refractivity contribution in [3.8, 4) is 6.07 Å². The van der Waals surface area contributed by atoms with Gasteiger partial charge in [-0.1, -0.05) is 5.11 Å². The molecule has 2 rings (SSSR count). The minimum absolute atomic E-state index is 0.0148. The normalized spacial score (nSPS) is 18.3. The van der Waals surface area contributed by atoms with E-state index in [0.717, 1.165) is 0 Å². The van der Waals surface area contributed by atoms with Crippen LogP contribution in [-0.2, 0) is 4.79 Å². The first-order chi connectivity index (χ1) is 8.74. The summed E-state index contributed by atoms with van der Waals surface area (Å²) in [6.45, 7) is 0.774. The molecule has 18 heavy (non-hydrogen) atoms. The maximum atomic E-state index is 11.8. The first-order valence-corrected chi connectivity index (χ1v) is 5.42.